The van der Waals surface area contributed by atoms with Crippen molar-refractivity contribution in [2.24, 2.45) is 0 Å². The van der Waals surface area contributed by atoms with Gasteiger partial charge in [-0.1, -0.05) is 11.6 Å². The highest BCUT2D eigenvalue weighted by molar-refractivity contribution is 7.07. The van der Waals surface area contributed by atoms with Crippen LogP contribution in [0.2, 0.25) is 5.02 Å². The summed E-state index contributed by atoms with van der Waals surface area (Å²) in [5.74, 6) is -0.358. The first-order valence-electron chi connectivity index (χ1n) is 6.53. The van der Waals surface area contributed by atoms with Crippen LogP contribution in [0, 0.1) is 5.82 Å². The van der Waals surface area contributed by atoms with Crippen LogP contribution in [-0.4, -0.2) is 24.1 Å². The van der Waals surface area contributed by atoms with Crippen molar-refractivity contribution in [1.29, 1.82) is 0 Å². The molecular formula is C14H15ClFN3S. The molecule has 1 atom stereocenters. The zero-order chi connectivity index (χ0) is 13.9. The first kappa shape index (κ1) is 13.8. The van der Waals surface area contributed by atoms with Crippen LogP contribution in [-0.2, 0) is 6.54 Å². The van der Waals surface area contributed by atoms with Crippen LogP contribution in [0.1, 0.15) is 12.1 Å². The third-order valence-corrected chi connectivity index (χ3v) is 4.45. The normalized spacial score (nSPS) is 18.7. The van der Waals surface area contributed by atoms with Gasteiger partial charge in [0.15, 0.2) is 0 Å². The van der Waals surface area contributed by atoms with E-state index >= 15 is 0 Å². The van der Waals surface area contributed by atoms with Crippen LogP contribution in [0.4, 0.5) is 10.1 Å². The number of nitrogens with one attached hydrogen (secondary N) is 1. The van der Waals surface area contributed by atoms with Crippen molar-refractivity contribution in [2.75, 3.05) is 18.0 Å². The van der Waals surface area contributed by atoms with Gasteiger partial charge in [0.25, 0.3) is 0 Å². The number of hydrogen-bond donors (Lipinski definition) is 1. The van der Waals surface area contributed by atoms with E-state index in [-0.39, 0.29) is 10.8 Å². The van der Waals surface area contributed by atoms with Crippen LogP contribution in [0.3, 0.4) is 0 Å². The highest BCUT2D eigenvalue weighted by Crippen LogP contribution is 2.25. The molecule has 1 fully saturated rings. The molecule has 0 aliphatic carbocycles. The fraction of sp³-hybridized carbons (Fsp3) is 0.357. The van der Waals surface area contributed by atoms with Crippen LogP contribution in [0.15, 0.2) is 29.1 Å². The second-order valence-electron chi connectivity index (χ2n) is 4.89. The molecular weight excluding hydrogens is 297 g/mol. The quantitative estimate of drug-likeness (QED) is 0.939. The summed E-state index contributed by atoms with van der Waals surface area (Å²) in [7, 11) is 0. The van der Waals surface area contributed by atoms with Crippen molar-refractivity contribution >= 4 is 28.6 Å². The molecule has 1 N–H and O–H groups in total. The Morgan fingerprint density at radius 3 is 3.15 bits per heavy atom. The van der Waals surface area contributed by atoms with E-state index in [0.29, 0.717) is 6.04 Å². The number of anilines is 1. The molecule has 106 valence electrons. The molecule has 2 aromatic rings. The number of hydrogen-bond acceptors (Lipinski definition) is 4. The lowest BCUT2D eigenvalue weighted by Crippen LogP contribution is -2.32. The van der Waals surface area contributed by atoms with Gasteiger partial charge in [-0.3, -0.25) is 0 Å². The average molecular weight is 312 g/mol. The summed E-state index contributed by atoms with van der Waals surface area (Å²) < 4.78 is 13.5. The molecule has 20 heavy (non-hydrogen) atoms. The number of benzene rings is 1. The zero-order valence-electron chi connectivity index (χ0n) is 10.9. The minimum Gasteiger partial charge on any atom is -0.370 e. The molecule has 3 rings (SSSR count). The lowest BCUT2D eigenvalue weighted by molar-refractivity contribution is 0.547. The van der Waals surface area contributed by atoms with E-state index in [1.165, 1.54) is 6.07 Å². The van der Waals surface area contributed by atoms with Crippen molar-refractivity contribution in [1.82, 2.24) is 10.3 Å². The van der Waals surface area contributed by atoms with Crippen LogP contribution >= 0.6 is 22.9 Å². The Kier molecular flexibility index (Phi) is 4.19. The fourth-order valence-corrected chi connectivity index (χ4v) is 3.09. The first-order chi connectivity index (χ1) is 9.72. The van der Waals surface area contributed by atoms with Gasteiger partial charge in [0.1, 0.15) is 5.82 Å². The molecule has 0 unspecified atom stereocenters. The summed E-state index contributed by atoms with van der Waals surface area (Å²) >= 11 is 7.32. The van der Waals surface area contributed by atoms with Crippen LogP contribution in [0.25, 0.3) is 0 Å². The number of nitrogens with zero attached hydrogens (tertiary/aromatic N) is 2. The van der Waals surface area contributed by atoms with E-state index in [9.17, 15) is 4.39 Å². The Hall–Kier alpha value is -1.17. The maximum Gasteiger partial charge on any atom is 0.143 e. The molecule has 0 bridgehead atoms. The van der Waals surface area contributed by atoms with E-state index in [0.717, 1.165) is 37.4 Å². The molecule has 3 nitrogen and oxygen atoms in total. The summed E-state index contributed by atoms with van der Waals surface area (Å²) in [6, 6.07) is 5.40. The number of thiazole rings is 1. The van der Waals surface area contributed by atoms with Gasteiger partial charge in [-0.05, 0) is 24.6 Å². The van der Waals surface area contributed by atoms with Gasteiger partial charge in [-0.2, -0.15) is 0 Å². The molecule has 0 saturated carbocycles. The monoisotopic (exact) mass is 311 g/mol. The first-order valence-corrected chi connectivity index (χ1v) is 7.85. The van der Waals surface area contributed by atoms with Gasteiger partial charge in [-0.25, -0.2) is 9.37 Å². The van der Waals surface area contributed by atoms with E-state index in [1.807, 2.05) is 17.0 Å². The van der Waals surface area contributed by atoms with Gasteiger partial charge in [0, 0.05) is 36.7 Å². The average Bonchev–Trinajstić information content (AvgIpc) is 3.10. The zero-order valence-corrected chi connectivity index (χ0v) is 12.4. The molecule has 6 heteroatoms. The predicted molar refractivity (Wildman–Crippen MR) is 81.0 cm³/mol. The van der Waals surface area contributed by atoms with Gasteiger partial charge >= 0.3 is 0 Å². The van der Waals surface area contributed by atoms with Crippen molar-refractivity contribution < 1.29 is 4.39 Å². The van der Waals surface area contributed by atoms with E-state index < -0.39 is 0 Å². The fourth-order valence-electron chi connectivity index (χ4n) is 2.42. The van der Waals surface area contributed by atoms with Crippen molar-refractivity contribution in [3.05, 3.63) is 45.6 Å². The molecule has 1 saturated heterocycles. The molecule has 0 amide bonds. The van der Waals surface area contributed by atoms with Crippen molar-refractivity contribution in [3.63, 3.8) is 0 Å². The van der Waals surface area contributed by atoms with E-state index in [2.05, 4.69) is 15.2 Å². The Balaban J connectivity index is 1.57. The second kappa shape index (κ2) is 6.08. The lowest BCUT2D eigenvalue weighted by Gasteiger charge is -2.19. The van der Waals surface area contributed by atoms with Crippen molar-refractivity contribution in [2.45, 2.75) is 19.0 Å². The number of rotatable bonds is 4. The SMILES string of the molecule is Fc1cc(N2CC[C@@H](NCc3cscn3)C2)ccc1Cl. The number of aromatic nitrogens is 1. The minimum atomic E-state index is -0.358. The third kappa shape index (κ3) is 3.11. The van der Waals surface area contributed by atoms with Gasteiger partial charge in [0.05, 0.1) is 16.2 Å². The summed E-state index contributed by atoms with van der Waals surface area (Å²) in [5, 5.41) is 5.71. The van der Waals surface area contributed by atoms with Gasteiger partial charge < -0.3 is 10.2 Å². The molecule has 1 aromatic carbocycles. The maximum absolute atomic E-state index is 13.5. The highest BCUT2D eigenvalue weighted by atomic mass is 35.5. The smallest absolute Gasteiger partial charge is 0.143 e. The molecule has 0 radical (unpaired) electrons. The second-order valence-corrected chi connectivity index (χ2v) is 6.02. The summed E-state index contributed by atoms with van der Waals surface area (Å²) in [5.41, 5.74) is 3.81. The topological polar surface area (TPSA) is 28.2 Å². The van der Waals surface area contributed by atoms with Crippen LogP contribution in [0.5, 0.6) is 0 Å². The summed E-state index contributed by atoms with van der Waals surface area (Å²) in [6.07, 6.45) is 1.05. The van der Waals surface area contributed by atoms with Gasteiger partial charge in [-0.15, -0.1) is 11.3 Å². The molecule has 2 heterocycles. The van der Waals surface area contributed by atoms with E-state index in [1.54, 1.807) is 17.4 Å². The Bertz CT molecular complexity index is 576. The predicted octanol–water partition coefficient (Wildman–Crippen LogP) is 3.30. The molecule has 1 aliphatic heterocycles. The summed E-state index contributed by atoms with van der Waals surface area (Å²) in [6.45, 7) is 2.60. The molecule has 0 spiro atoms. The van der Waals surface area contributed by atoms with E-state index in [4.69, 9.17) is 11.6 Å². The Morgan fingerprint density at radius 2 is 2.40 bits per heavy atom. The highest BCUT2D eigenvalue weighted by Gasteiger charge is 2.22. The van der Waals surface area contributed by atoms with Gasteiger partial charge in [0.2, 0.25) is 0 Å². The van der Waals surface area contributed by atoms with Crippen LogP contribution < -0.4 is 10.2 Å². The van der Waals surface area contributed by atoms with Crippen molar-refractivity contribution in [3.8, 4) is 0 Å². The third-order valence-electron chi connectivity index (χ3n) is 3.51. The largest absolute Gasteiger partial charge is 0.370 e. The minimum absolute atomic E-state index is 0.172. The molecule has 1 aromatic heterocycles. The number of halogens is 2. The Labute approximate surface area is 126 Å². The summed E-state index contributed by atoms with van der Waals surface area (Å²) in [4.78, 5) is 6.43. The Morgan fingerprint density at radius 1 is 1.50 bits per heavy atom. The maximum atomic E-state index is 13.5. The standard InChI is InChI=1S/C14H15ClFN3S/c15-13-2-1-12(5-14(13)16)19-4-3-10(7-19)17-6-11-8-20-9-18-11/h1-2,5,8-10,17H,3-4,6-7H2/t10-/m1/s1. The lowest BCUT2D eigenvalue weighted by atomic mass is 10.2. The molecule has 1 aliphatic rings.